The number of ether oxygens (including phenoxy) is 1. The number of rotatable bonds is 17. The van der Waals surface area contributed by atoms with Crippen LogP contribution in [0.15, 0.2) is 34.3 Å². The zero-order chi connectivity index (χ0) is 58.1. The normalized spacial score (nSPS) is 23.7. The molecule has 21 N–H and O–H groups in total. The minimum absolute atomic E-state index is 0.00763. The molecule has 0 aromatic heterocycles. The van der Waals surface area contributed by atoms with E-state index in [2.05, 4.69) is 52.5 Å². The molecule has 5 unspecified atom stereocenters. The first-order valence-corrected chi connectivity index (χ1v) is 26.8. The van der Waals surface area contributed by atoms with E-state index in [9.17, 15) is 62.6 Å². The molecule has 2 aliphatic heterocycles. The molecule has 78 heavy (non-hydrogen) atoms. The molecule has 2 heterocycles. The maximum absolute atomic E-state index is 14.3. The maximum atomic E-state index is 14.3. The Morgan fingerprint density at radius 2 is 1.24 bits per heavy atom. The molecule has 8 atom stereocenters. The first-order valence-electron chi connectivity index (χ1n) is 24.3. The number of aliphatic carboxylic acids is 1. The zero-order valence-corrected chi connectivity index (χ0v) is 44.5. The van der Waals surface area contributed by atoms with E-state index in [0.717, 1.165) is 33.4 Å². The summed E-state index contributed by atoms with van der Waals surface area (Å²) in [6, 6.07) is -5.84. The van der Waals surface area contributed by atoms with E-state index < -0.39 is 139 Å². The van der Waals surface area contributed by atoms with Gasteiger partial charge in [-0.3, -0.25) is 67.5 Å². The third-order valence-electron chi connectivity index (χ3n) is 11.6. The number of hydrogen-bond donors (Lipinski definition) is 15. The van der Waals surface area contributed by atoms with Gasteiger partial charge in [0.05, 0.1) is 26.5 Å². The lowest BCUT2D eigenvalue weighted by Crippen LogP contribution is -2.59. The van der Waals surface area contributed by atoms with Crippen LogP contribution >= 0.6 is 21.6 Å². The van der Waals surface area contributed by atoms with Gasteiger partial charge in [-0.25, -0.2) is 0 Å². The summed E-state index contributed by atoms with van der Waals surface area (Å²) < 4.78 is 5.22. The van der Waals surface area contributed by atoms with Crippen molar-refractivity contribution in [3.05, 3.63) is 29.8 Å². The van der Waals surface area contributed by atoms with E-state index in [1.807, 2.05) is 0 Å². The second-order valence-electron chi connectivity index (χ2n) is 17.8. The highest BCUT2D eigenvalue weighted by Crippen LogP contribution is 2.24. The van der Waals surface area contributed by atoms with Crippen LogP contribution in [0.2, 0.25) is 0 Å². The lowest BCUT2D eigenvalue weighted by atomic mass is 10.0. The standard InChI is InChI=1S/C45H69N17O14S2/c1-22(63)55-31-21-78-77-20-30(36(47)68)61-38(70)26(7-4-14-53-45(50)51)57-39(71)27(16-23-9-11-24(76-2)12-10-23)59-40(72)28(18-35(66)67)56-34(65)19-54-37(69)25(6-3-13-52-44(48)49)58-42(74)32-8-5-15-62(32)43(75)29(17-33(46)64)60-41(31)73/h9-12,25-32H,3-8,13-21H2,1-2H3,(H2,46,64)(H2,47,68)(H,54,69)(H,55,63)(H,56,65)(H,57,71)(H,58,74)(H,59,72)(H,60,73)(H,61,70)(H,66,67)(H4,48,49,52)(H4,50,51,53)/t25?,26?,27?,28?,29-,30-,31?,32-/m0/s1. The highest BCUT2D eigenvalue weighted by Gasteiger charge is 2.40. The van der Waals surface area contributed by atoms with Crippen molar-refractivity contribution in [3.8, 4) is 5.75 Å². The van der Waals surface area contributed by atoms with Crippen LogP contribution in [-0.2, 0) is 64.0 Å². The summed E-state index contributed by atoms with van der Waals surface area (Å²) in [6.45, 7) is 0.154. The summed E-state index contributed by atoms with van der Waals surface area (Å²) in [5, 5.41) is 29.4. The van der Waals surface area contributed by atoms with Gasteiger partial charge < -0.3 is 91.7 Å². The highest BCUT2D eigenvalue weighted by molar-refractivity contribution is 8.76. The molecule has 0 radical (unpaired) electrons. The summed E-state index contributed by atoms with van der Waals surface area (Å²) in [5.74, 6) is -12.7. The average molecular weight is 1140 g/mol. The molecule has 33 heteroatoms. The average Bonchev–Trinajstić information content (AvgIpc) is 3.87. The molecule has 0 bridgehead atoms. The Labute approximate surface area is 455 Å². The van der Waals surface area contributed by atoms with Crippen molar-refractivity contribution in [2.45, 2.75) is 113 Å². The number of carbonyl (C=O) groups is 12. The third kappa shape index (κ3) is 22.6. The quantitative estimate of drug-likeness (QED) is 0.0298. The van der Waals surface area contributed by atoms with Gasteiger partial charge in [-0.1, -0.05) is 33.7 Å². The third-order valence-corrected chi connectivity index (χ3v) is 14.0. The lowest BCUT2D eigenvalue weighted by Gasteiger charge is -2.30. The van der Waals surface area contributed by atoms with Gasteiger partial charge in [-0.2, -0.15) is 0 Å². The number of guanidine groups is 2. The molecule has 31 nitrogen and oxygen atoms in total. The predicted octanol–water partition coefficient (Wildman–Crippen LogP) is -6.90. The minimum atomic E-state index is -1.88. The van der Waals surface area contributed by atoms with Crippen LogP contribution in [0.5, 0.6) is 5.75 Å². The van der Waals surface area contributed by atoms with Crippen LogP contribution in [0.4, 0.5) is 0 Å². The van der Waals surface area contributed by atoms with Crippen LogP contribution in [0.3, 0.4) is 0 Å². The molecule has 0 spiro atoms. The first-order chi connectivity index (χ1) is 36.9. The fourth-order valence-corrected chi connectivity index (χ4v) is 10.1. The predicted molar refractivity (Wildman–Crippen MR) is 284 cm³/mol. The van der Waals surface area contributed by atoms with Crippen molar-refractivity contribution in [2.24, 2.45) is 44.4 Å². The number of nitrogens with zero attached hydrogens (tertiary/aromatic N) is 3. The SMILES string of the molecule is COc1ccc(CC2NC(=O)C(CC(=O)O)NC(=O)CNC(=O)C(CCCN=C(N)N)NC(=O)[C@@H]3CCCN3C(=O)[C@H](CC(N)=O)NC(=O)C(NC(C)=O)CSSC[C@@H](C(N)=O)NC(=O)C(CCCN=C(N)N)NC2=O)cc1. The van der Waals surface area contributed by atoms with Crippen molar-refractivity contribution in [2.75, 3.05) is 44.8 Å². The number of carbonyl (C=O) groups excluding carboxylic acids is 11. The van der Waals surface area contributed by atoms with E-state index in [1.54, 1.807) is 24.3 Å². The second-order valence-corrected chi connectivity index (χ2v) is 20.3. The molecular weight excluding hydrogens is 1070 g/mol. The topological polar surface area (TPSA) is 515 Å². The molecule has 11 amide bonds. The van der Waals surface area contributed by atoms with Gasteiger partial charge in [0.25, 0.3) is 0 Å². The van der Waals surface area contributed by atoms with Crippen LogP contribution < -0.4 is 81.7 Å². The minimum Gasteiger partial charge on any atom is -0.497 e. The van der Waals surface area contributed by atoms with Gasteiger partial charge in [-0.15, -0.1) is 0 Å². The molecule has 1 aromatic rings. The number of nitrogens with two attached hydrogens (primary N) is 6. The molecule has 2 saturated heterocycles. The molecule has 0 saturated carbocycles. The van der Waals surface area contributed by atoms with Crippen molar-refractivity contribution in [1.82, 2.24) is 47.4 Å². The molecule has 430 valence electrons. The molecule has 1 aromatic carbocycles. The molecule has 2 aliphatic rings. The van der Waals surface area contributed by atoms with Gasteiger partial charge in [0, 0.05) is 44.5 Å². The van der Waals surface area contributed by atoms with Gasteiger partial charge in [0.1, 0.15) is 54.1 Å². The van der Waals surface area contributed by atoms with Gasteiger partial charge in [0.2, 0.25) is 65.0 Å². The number of carboxylic acids is 1. The lowest BCUT2D eigenvalue weighted by molar-refractivity contribution is -0.143. The molecule has 3 rings (SSSR count). The van der Waals surface area contributed by atoms with Crippen molar-refractivity contribution in [3.63, 3.8) is 0 Å². The fourth-order valence-electron chi connectivity index (χ4n) is 7.79. The Kier molecular flexibility index (Phi) is 26.7. The molecular formula is C45H69N17O14S2. The fraction of sp³-hybridized carbons (Fsp3) is 0.556. The number of fused-ring (bicyclic) bond motifs is 1. The van der Waals surface area contributed by atoms with E-state index in [1.165, 1.54) is 7.11 Å². The molecule has 0 aliphatic carbocycles. The summed E-state index contributed by atoms with van der Waals surface area (Å²) >= 11 is 0. The smallest absolute Gasteiger partial charge is 0.305 e. The summed E-state index contributed by atoms with van der Waals surface area (Å²) in [5.41, 5.74) is 33.5. The Morgan fingerprint density at radius 3 is 1.81 bits per heavy atom. The number of nitrogens with one attached hydrogen (secondary N) is 8. The van der Waals surface area contributed by atoms with Crippen molar-refractivity contribution < 1.29 is 67.4 Å². The Hall–Kier alpha value is -8.10. The van der Waals surface area contributed by atoms with E-state index in [-0.39, 0.29) is 88.0 Å². The number of amides is 11. The van der Waals surface area contributed by atoms with Crippen molar-refractivity contribution >= 4 is 104 Å². The van der Waals surface area contributed by atoms with Gasteiger partial charge in [0.15, 0.2) is 11.9 Å². The van der Waals surface area contributed by atoms with E-state index in [0.29, 0.717) is 11.3 Å². The summed E-state index contributed by atoms with van der Waals surface area (Å²) in [6.07, 6.45) is -1.87. The van der Waals surface area contributed by atoms with Crippen LogP contribution in [-0.4, -0.2) is 186 Å². The number of aliphatic imine (C=N–C) groups is 2. The highest BCUT2D eigenvalue weighted by atomic mass is 33.1. The van der Waals surface area contributed by atoms with Crippen LogP contribution in [0.25, 0.3) is 0 Å². The number of carboxylic acid groups (broad SMARTS) is 1. The Bertz CT molecular complexity index is 2410. The van der Waals surface area contributed by atoms with Crippen LogP contribution in [0, 0.1) is 0 Å². The largest absolute Gasteiger partial charge is 0.497 e. The van der Waals surface area contributed by atoms with E-state index in [4.69, 9.17) is 39.1 Å². The summed E-state index contributed by atoms with van der Waals surface area (Å²) in [7, 11) is 3.28. The Morgan fingerprint density at radius 1 is 0.692 bits per heavy atom. The Balaban J connectivity index is 2.13. The first kappa shape index (κ1) is 64.2. The second kappa shape index (κ2) is 32.5. The summed E-state index contributed by atoms with van der Waals surface area (Å²) in [4.78, 5) is 170. The maximum Gasteiger partial charge on any atom is 0.305 e. The van der Waals surface area contributed by atoms with E-state index >= 15 is 0 Å². The van der Waals surface area contributed by atoms with Crippen molar-refractivity contribution in [1.29, 1.82) is 0 Å². The number of hydrogen-bond acceptors (Lipinski definition) is 17. The van der Waals surface area contributed by atoms with Gasteiger partial charge >= 0.3 is 5.97 Å². The van der Waals surface area contributed by atoms with Crippen LogP contribution in [0.1, 0.15) is 63.9 Å². The number of methoxy groups -OCH3 is 1. The molecule has 2 fully saturated rings. The number of primary amides is 2. The zero-order valence-electron chi connectivity index (χ0n) is 42.9. The van der Waals surface area contributed by atoms with Gasteiger partial charge in [-0.05, 0) is 56.2 Å². The number of benzene rings is 1. The monoisotopic (exact) mass is 1140 g/mol.